The second kappa shape index (κ2) is 7.84. The molecule has 3 N–H and O–H groups in total. The molecule has 4 amide bonds. The van der Waals surface area contributed by atoms with Crippen LogP contribution in [0.4, 0.5) is 4.79 Å². The van der Waals surface area contributed by atoms with Gasteiger partial charge in [-0.2, -0.15) is 0 Å². The molecule has 2 heterocycles. The van der Waals surface area contributed by atoms with Gasteiger partial charge in [0.15, 0.2) is 0 Å². The summed E-state index contributed by atoms with van der Waals surface area (Å²) in [5, 5.41) is 16.3. The zero-order valence-corrected chi connectivity index (χ0v) is 16.5. The van der Waals surface area contributed by atoms with Crippen LogP contribution in [-0.4, -0.2) is 53.4 Å². The predicted molar refractivity (Wildman–Crippen MR) is 110 cm³/mol. The van der Waals surface area contributed by atoms with Gasteiger partial charge in [-0.05, 0) is 35.4 Å². The molecule has 4 rings (SSSR count). The third-order valence-electron chi connectivity index (χ3n) is 5.10. The minimum Gasteiger partial charge on any atom is -0.497 e. The number of methoxy groups -OCH3 is 1. The smallest absolute Gasteiger partial charge is 0.323 e. The van der Waals surface area contributed by atoms with E-state index in [-0.39, 0.29) is 12.5 Å². The molecule has 31 heavy (non-hydrogen) atoms. The Morgan fingerprint density at radius 3 is 2.65 bits per heavy atom. The molecular formula is C22H18N4O5. The number of nitrogens with one attached hydrogen (secondary N) is 2. The first-order valence-electron chi connectivity index (χ1n) is 9.34. The molecule has 0 unspecified atom stereocenters. The van der Waals surface area contributed by atoms with Crippen molar-refractivity contribution in [1.82, 2.24) is 15.5 Å². The molecule has 2 aromatic rings. The van der Waals surface area contributed by atoms with Gasteiger partial charge < -0.3 is 20.2 Å². The largest absolute Gasteiger partial charge is 0.497 e. The van der Waals surface area contributed by atoms with Crippen LogP contribution in [0.2, 0.25) is 0 Å². The molecule has 2 aliphatic rings. The summed E-state index contributed by atoms with van der Waals surface area (Å²) < 4.78 is 5.18. The molecule has 0 bridgehead atoms. The minimum atomic E-state index is -1.58. The first-order chi connectivity index (χ1) is 14.9. The molecule has 0 saturated carbocycles. The van der Waals surface area contributed by atoms with Crippen molar-refractivity contribution < 1.29 is 24.3 Å². The Morgan fingerprint density at radius 1 is 1.23 bits per heavy atom. The number of nitrogens with zero attached hydrogens (tertiary/aromatic N) is 2. The van der Waals surface area contributed by atoms with Crippen molar-refractivity contribution >= 4 is 24.1 Å². The molecule has 0 spiro atoms. The van der Waals surface area contributed by atoms with Crippen LogP contribution >= 0.6 is 0 Å². The molecule has 0 aromatic heterocycles. The summed E-state index contributed by atoms with van der Waals surface area (Å²) in [6, 6.07) is 11.3. The third kappa shape index (κ3) is 3.79. The number of rotatable bonds is 4. The number of fused-ring (bicyclic) bond motifs is 1. The quantitative estimate of drug-likeness (QED) is 0.226. The lowest BCUT2D eigenvalue weighted by molar-refractivity contribution is -0.122. The fourth-order valence-electron chi connectivity index (χ4n) is 3.51. The highest BCUT2D eigenvalue weighted by atomic mass is 16.5. The number of hydrogen-bond donors (Lipinski definition) is 3. The van der Waals surface area contributed by atoms with E-state index in [0.29, 0.717) is 29.0 Å². The highest BCUT2D eigenvalue weighted by Gasteiger charge is 2.48. The van der Waals surface area contributed by atoms with E-state index in [0.717, 1.165) is 5.56 Å². The molecule has 1 saturated heterocycles. The monoisotopic (exact) mass is 418 g/mol. The number of hydrogen-bond acceptors (Lipinski definition) is 6. The van der Waals surface area contributed by atoms with Gasteiger partial charge in [0.2, 0.25) is 5.54 Å². The summed E-state index contributed by atoms with van der Waals surface area (Å²) in [7, 11) is 1.52. The molecule has 1 atom stereocenters. The maximum absolute atomic E-state index is 12.9. The van der Waals surface area contributed by atoms with E-state index in [4.69, 9.17) is 9.94 Å². The molecular weight excluding hydrogens is 400 g/mol. The summed E-state index contributed by atoms with van der Waals surface area (Å²) in [6.45, 7) is 0.183. The van der Waals surface area contributed by atoms with Gasteiger partial charge in [-0.15, -0.1) is 0 Å². The average Bonchev–Trinajstić information content (AvgIpc) is 3.22. The van der Waals surface area contributed by atoms with Crippen LogP contribution < -0.4 is 15.4 Å². The molecule has 1 fully saturated rings. The van der Waals surface area contributed by atoms with Gasteiger partial charge in [0.1, 0.15) is 5.75 Å². The Labute approximate surface area is 177 Å². The van der Waals surface area contributed by atoms with E-state index in [2.05, 4.69) is 27.6 Å². The zero-order chi connectivity index (χ0) is 22.0. The second-order valence-electron chi connectivity index (χ2n) is 7.11. The molecule has 0 radical (unpaired) electrons. The van der Waals surface area contributed by atoms with Gasteiger partial charge in [-0.1, -0.05) is 35.2 Å². The van der Waals surface area contributed by atoms with E-state index >= 15 is 0 Å². The number of imide groups is 1. The van der Waals surface area contributed by atoms with Crippen LogP contribution in [0.5, 0.6) is 5.75 Å². The van der Waals surface area contributed by atoms with E-state index in [9.17, 15) is 14.4 Å². The van der Waals surface area contributed by atoms with Crippen LogP contribution in [0.25, 0.3) is 0 Å². The Morgan fingerprint density at radius 2 is 2.00 bits per heavy atom. The Balaban J connectivity index is 1.62. The van der Waals surface area contributed by atoms with Crippen molar-refractivity contribution in [3.63, 3.8) is 0 Å². The van der Waals surface area contributed by atoms with Crippen LogP contribution in [0.1, 0.15) is 27.0 Å². The highest BCUT2D eigenvalue weighted by molar-refractivity contribution is 6.10. The van der Waals surface area contributed by atoms with Crippen molar-refractivity contribution in [3.05, 3.63) is 64.7 Å². The lowest BCUT2D eigenvalue weighted by atomic mass is 9.99. The number of urea groups is 1. The van der Waals surface area contributed by atoms with Crippen molar-refractivity contribution in [1.29, 1.82) is 0 Å². The Hall–Kier alpha value is -4.32. The van der Waals surface area contributed by atoms with Gasteiger partial charge in [0.25, 0.3) is 11.8 Å². The normalized spacial score (nSPS) is 19.6. The summed E-state index contributed by atoms with van der Waals surface area (Å²) in [4.78, 5) is 38.9. The maximum atomic E-state index is 12.9. The number of oxime groups is 1. The first-order valence-corrected chi connectivity index (χ1v) is 9.34. The summed E-state index contributed by atoms with van der Waals surface area (Å²) in [6.07, 6.45) is 1.27. The van der Waals surface area contributed by atoms with Crippen molar-refractivity contribution in [2.45, 2.75) is 12.1 Å². The minimum absolute atomic E-state index is 0.108. The highest BCUT2D eigenvalue weighted by Crippen LogP contribution is 2.28. The second-order valence-corrected chi connectivity index (χ2v) is 7.11. The van der Waals surface area contributed by atoms with Crippen LogP contribution in [-0.2, 0) is 11.3 Å². The van der Waals surface area contributed by atoms with Gasteiger partial charge in [0, 0.05) is 17.7 Å². The van der Waals surface area contributed by atoms with Gasteiger partial charge in [-0.3, -0.25) is 14.9 Å². The lowest BCUT2D eigenvalue weighted by Crippen LogP contribution is -2.54. The number of carbonyl (C=O) groups is 3. The lowest BCUT2D eigenvalue weighted by Gasteiger charge is -2.26. The predicted octanol–water partition coefficient (Wildman–Crippen LogP) is 1.09. The van der Waals surface area contributed by atoms with Crippen LogP contribution in [0.15, 0.2) is 47.6 Å². The first kappa shape index (κ1) is 20.0. The zero-order valence-electron chi connectivity index (χ0n) is 16.5. The molecule has 156 valence electrons. The summed E-state index contributed by atoms with van der Waals surface area (Å²) in [5.41, 5.74) is 0.979. The average molecular weight is 418 g/mol. The standard InChI is InChI=1S/C22H18N4O5/c1-31-17-7-6-16-12-26(19(27)18(16)10-17)13-22(20(28)24-21(29)25-22)9-8-14-2-4-15(5-3-14)11-23-30/h2-7,10-11,30H,12-13H2,1H3,(H2,24,25,28,29)/t22-/m1/s1. The van der Waals surface area contributed by atoms with Crippen molar-refractivity contribution in [2.75, 3.05) is 13.7 Å². The fraction of sp³-hybridized carbons (Fsp3) is 0.182. The third-order valence-corrected chi connectivity index (χ3v) is 5.10. The Bertz CT molecular complexity index is 1160. The van der Waals surface area contributed by atoms with E-state index in [1.165, 1.54) is 18.2 Å². The van der Waals surface area contributed by atoms with Gasteiger partial charge >= 0.3 is 6.03 Å². The summed E-state index contributed by atoms with van der Waals surface area (Å²) >= 11 is 0. The van der Waals surface area contributed by atoms with E-state index < -0.39 is 17.5 Å². The molecule has 9 heteroatoms. The van der Waals surface area contributed by atoms with Crippen LogP contribution in [0, 0.1) is 11.8 Å². The molecule has 2 aromatic carbocycles. The SMILES string of the molecule is COc1ccc2c(c1)C(=O)N(C[C@@]1(C#Cc3ccc(C=NO)cc3)NC(=O)NC1=O)C2. The topological polar surface area (TPSA) is 120 Å². The number of benzene rings is 2. The van der Waals surface area contributed by atoms with E-state index in [1.807, 2.05) is 0 Å². The molecule has 0 aliphatic carbocycles. The summed E-state index contributed by atoms with van der Waals surface area (Å²) in [5.74, 6) is 5.41. The van der Waals surface area contributed by atoms with Crippen molar-refractivity contribution in [2.24, 2.45) is 5.16 Å². The van der Waals surface area contributed by atoms with Crippen molar-refractivity contribution in [3.8, 4) is 17.6 Å². The fourth-order valence-corrected chi connectivity index (χ4v) is 3.51. The number of carbonyl (C=O) groups excluding carboxylic acids is 3. The Kier molecular flexibility index (Phi) is 5.05. The van der Waals surface area contributed by atoms with Gasteiger partial charge in [0.05, 0.1) is 19.9 Å². The molecule has 2 aliphatic heterocycles. The number of amides is 4. The number of ether oxygens (including phenoxy) is 1. The molecule has 9 nitrogen and oxygen atoms in total. The van der Waals surface area contributed by atoms with Gasteiger partial charge in [-0.25, -0.2) is 4.79 Å². The maximum Gasteiger partial charge on any atom is 0.323 e. The van der Waals surface area contributed by atoms with Crippen LogP contribution in [0.3, 0.4) is 0 Å². The van der Waals surface area contributed by atoms with E-state index in [1.54, 1.807) is 42.5 Å².